The summed E-state index contributed by atoms with van der Waals surface area (Å²) in [5.74, 6) is 5.30. The molecule has 0 aromatic heterocycles. The Labute approximate surface area is 114 Å². The fourth-order valence-corrected chi connectivity index (χ4v) is 1.69. The quantitative estimate of drug-likeness (QED) is 0.381. The highest BCUT2D eigenvalue weighted by Crippen LogP contribution is 2.16. The monoisotopic (exact) mass is 265 g/mol. The number of carbonyl (C=O) groups excluding carboxylic acids is 1. The van der Waals surface area contributed by atoms with Gasteiger partial charge in [0.25, 0.3) is 5.91 Å². The van der Waals surface area contributed by atoms with E-state index in [9.17, 15) is 4.79 Å². The van der Waals surface area contributed by atoms with E-state index < -0.39 is 0 Å². The van der Waals surface area contributed by atoms with Gasteiger partial charge in [-0.3, -0.25) is 10.6 Å². The van der Waals surface area contributed by atoms with Gasteiger partial charge in [-0.25, -0.2) is 0 Å². The lowest BCUT2D eigenvalue weighted by molar-refractivity contribution is 0.0942. The largest absolute Gasteiger partial charge is 0.381 e. The van der Waals surface area contributed by atoms with Crippen LogP contribution in [0.1, 0.15) is 35.7 Å². The van der Waals surface area contributed by atoms with Crippen LogP contribution in [-0.4, -0.2) is 25.7 Å². The molecule has 0 bridgehead atoms. The molecular formula is C14H23N3O2. The molecule has 5 heteroatoms. The van der Waals surface area contributed by atoms with E-state index in [2.05, 4.69) is 17.7 Å². The molecule has 1 amide bonds. The van der Waals surface area contributed by atoms with Crippen LogP contribution in [0.2, 0.25) is 0 Å². The Morgan fingerprint density at radius 2 is 2.16 bits per heavy atom. The molecule has 0 fully saturated rings. The van der Waals surface area contributed by atoms with Crippen LogP contribution in [0, 0.1) is 6.92 Å². The van der Waals surface area contributed by atoms with Crippen molar-refractivity contribution in [3.8, 4) is 0 Å². The van der Waals surface area contributed by atoms with Crippen molar-refractivity contribution in [3.05, 3.63) is 29.3 Å². The summed E-state index contributed by atoms with van der Waals surface area (Å²) in [4.78, 5) is 12.0. The highest BCUT2D eigenvalue weighted by molar-refractivity contribution is 5.99. The smallest absolute Gasteiger partial charge is 0.253 e. The number of nitrogen functional groups attached to an aromatic ring is 1. The number of aryl methyl sites for hydroxylation is 1. The number of anilines is 1. The minimum atomic E-state index is -0.122. The zero-order valence-electron chi connectivity index (χ0n) is 11.7. The zero-order chi connectivity index (χ0) is 14.1. The SMILES string of the molecule is CCCOCCCNC(=O)c1ccc(C)cc1NN. The van der Waals surface area contributed by atoms with Gasteiger partial charge in [-0.2, -0.15) is 0 Å². The number of carbonyl (C=O) groups is 1. The number of hydrogen-bond acceptors (Lipinski definition) is 4. The molecule has 0 aliphatic heterocycles. The van der Waals surface area contributed by atoms with Gasteiger partial charge in [0.05, 0.1) is 11.3 Å². The summed E-state index contributed by atoms with van der Waals surface area (Å²) < 4.78 is 5.35. The predicted octanol–water partition coefficient (Wildman–Crippen LogP) is 1.83. The maximum Gasteiger partial charge on any atom is 0.253 e. The highest BCUT2D eigenvalue weighted by Gasteiger charge is 2.10. The van der Waals surface area contributed by atoms with Gasteiger partial charge in [0, 0.05) is 19.8 Å². The number of nitrogens with two attached hydrogens (primary N) is 1. The first-order valence-electron chi connectivity index (χ1n) is 6.62. The minimum absolute atomic E-state index is 0.122. The molecule has 0 saturated carbocycles. The zero-order valence-corrected chi connectivity index (χ0v) is 11.7. The first-order valence-corrected chi connectivity index (χ1v) is 6.62. The number of hydrogen-bond donors (Lipinski definition) is 3. The molecule has 1 aromatic carbocycles. The van der Waals surface area contributed by atoms with Crippen molar-refractivity contribution in [2.75, 3.05) is 25.2 Å². The van der Waals surface area contributed by atoms with E-state index in [-0.39, 0.29) is 5.91 Å². The standard InChI is InChI=1S/C14H23N3O2/c1-3-8-19-9-4-7-16-14(18)12-6-5-11(2)10-13(12)17-15/h5-6,10,17H,3-4,7-9,15H2,1-2H3,(H,16,18). The summed E-state index contributed by atoms with van der Waals surface area (Å²) in [7, 11) is 0. The summed E-state index contributed by atoms with van der Waals surface area (Å²) in [6, 6.07) is 5.51. The molecule has 19 heavy (non-hydrogen) atoms. The van der Waals surface area contributed by atoms with E-state index in [4.69, 9.17) is 10.6 Å². The van der Waals surface area contributed by atoms with Gasteiger partial charge < -0.3 is 15.5 Å². The van der Waals surface area contributed by atoms with Crippen LogP contribution < -0.4 is 16.6 Å². The van der Waals surface area contributed by atoms with Crippen LogP contribution in [0.25, 0.3) is 0 Å². The summed E-state index contributed by atoms with van der Waals surface area (Å²) in [6.45, 7) is 6.06. The second-order valence-corrected chi connectivity index (χ2v) is 4.42. The Bertz CT molecular complexity index is 408. The van der Waals surface area contributed by atoms with Crippen LogP contribution in [0.5, 0.6) is 0 Å². The molecule has 1 aromatic rings. The Hall–Kier alpha value is -1.59. The first-order chi connectivity index (χ1) is 9.19. The van der Waals surface area contributed by atoms with Crippen molar-refractivity contribution in [1.29, 1.82) is 0 Å². The first kappa shape index (κ1) is 15.5. The van der Waals surface area contributed by atoms with Crippen LogP contribution in [0.4, 0.5) is 5.69 Å². The molecule has 0 saturated heterocycles. The van der Waals surface area contributed by atoms with E-state index in [1.165, 1.54) is 0 Å². The van der Waals surface area contributed by atoms with Crippen LogP contribution in [0.3, 0.4) is 0 Å². The molecule has 5 nitrogen and oxygen atoms in total. The summed E-state index contributed by atoms with van der Waals surface area (Å²) in [6.07, 6.45) is 1.82. The van der Waals surface area contributed by atoms with Crippen molar-refractivity contribution in [3.63, 3.8) is 0 Å². The summed E-state index contributed by atoms with van der Waals surface area (Å²) in [5, 5.41) is 2.86. The van der Waals surface area contributed by atoms with Gasteiger partial charge in [0.15, 0.2) is 0 Å². The van der Waals surface area contributed by atoms with Gasteiger partial charge in [-0.15, -0.1) is 0 Å². The predicted molar refractivity (Wildman–Crippen MR) is 77.0 cm³/mol. The maximum absolute atomic E-state index is 12.0. The average molecular weight is 265 g/mol. The van der Waals surface area contributed by atoms with E-state index in [0.717, 1.165) is 25.0 Å². The third kappa shape index (κ3) is 5.28. The van der Waals surface area contributed by atoms with Gasteiger partial charge in [0.2, 0.25) is 0 Å². The molecule has 0 aliphatic carbocycles. The van der Waals surface area contributed by atoms with Gasteiger partial charge >= 0.3 is 0 Å². The Kier molecular flexibility index (Phi) is 6.92. The van der Waals surface area contributed by atoms with Crippen molar-refractivity contribution < 1.29 is 9.53 Å². The minimum Gasteiger partial charge on any atom is -0.381 e. The molecule has 0 unspecified atom stereocenters. The average Bonchev–Trinajstić information content (AvgIpc) is 2.42. The van der Waals surface area contributed by atoms with Crippen molar-refractivity contribution in [2.45, 2.75) is 26.7 Å². The van der Waals surface area contributed by atoms with E-state index >= 15 is 0 Å². The Morgan fingerprint density at radius 1 is 1.37 bits per heavy atom. The van der Waals surface area contributed by atoms with Crippen molar-refractivity contribution >= 4 is 11.6 Å². The molecular weight excluding hydrogens is 242 g/mol. The fraction of sp³-hybridized carbons (Fsp3) is 0.500. The summed E-state index contributed by atoms with van der Waals surface area (Å²) in [5.41, 5.74) is 4.80. The second-order valence-electron chi connectivity index (χ2n) is 4.42. The van der Waals surface area contributed by atoms with Crippen molar-refractivity contribution in [1.82, 2.24) is 5.32 Å². The lowest BCUT2D eigenvalue weighted by Gasteiger charge is -2.10. The topological polar surface area (TPSA) is 76.4 Å². The molecule has 4 N–H and O–H groups in total. The van der Waals surface area contributed by atoms with E-state index in [1.807, 2.05) is 19.1 Å². The molecule has 0 aliphatic rings. The van der Waals surface area contributed by atoms with E-state index in [1.54, 1.807) is 6.07 Å². The lowest BCUT2D eigenvalue weighted by atomic mass is 10.1. The third-order valence-corrected chi connectivity index (χ3v) is 2.67. The number of rotatable bonds is 8. The van der Waals surface area contributed by atoms with Crippen LogP contribution in [-0.2, 0) is 4.74 Å². The lowest BCUT2D eigenvalue weighted by Crippen LogP contribution is -2.27. The van der Waals surface area contributed by atoms with Gasteiger partial charge in [0.1, 0.15) is 0 Å². The number of ether oxygens (including phenoxy) is 1. The molecule has 0 spiro atoms. The molecule has 0 heterocycles. The number of nitrogens with one attached hydrogen (secondary N) is 2. The molecule has 106 valence electrons. The molecule has 1 rings (SSSR count). The normalized spacial score (nSPS) is 10.3. The molecule has 0 atom stereocenters. The Balaban J connectivity index is 2.41. The van der Waals surface area contributed by atoms with Gasteiger partial charge in [-0.1, -0.05) is 13.0 Å². The number of amides is 1. The number of benzene rings is 1. The second kappa shape index (κ2) is 8.50. The fourth-order valence-electron chi connectivity index (χ4n) is 1.69. The van der Waals surface area contributed by atoms with Crippen LogP contribution >= 0.6 is 0 Å². The maximum atomic E-state index is 12.0. The third-order valence-electron chi connectivity index (χ3n) is 2.67. The van der Waals surface area contributed by atoms with Crippen molar-refractivity contribution in [2.24, 2.45) is 5.84 Å². The van der Waals surface area contributed by atoms with Gasteiger partial charge in [-0.05, 0) is 37.5 Å². The van der Waals surface area contributed by atoms with E-state index in [0.29, 0.717) is 24.4 Å². The summed E-state index contributed by atoms with van der Waals surface area (Å²) >= 11 is 0. The Morgan fingerprint density at radius 3 is 2.84 bits per heavy atom. The van der Waals surface area contributed by atoms with Crippen LogP contribution in [0.15, 0.2) is 18.2 Å². The number of hydrazine groups is 1. The molecule has 0 radical (unpaired) electrons. The highest BCUT2D eigenvalue weighted by atomic mass is 16.5.